The molecule has 1 aromatic rings. The van der Waals surface area contributed by atoms with Crippen molar-refractivity contribution in [2.24, 2.45) is 0 Å². The molecule has 2 saturated heterocycles. The summed E-state index contributed by atoms with van der Waals surface area (Å²) in [5.74, 6) is 0.0141. The van der Waals surface area contributed by atoms with Crippen molar-refractivity contribution in [1.82, 2.24) is 14.7 Å². The van der Waals surface area contributed by atoms with Crippen LogP contribution in [0.2, 0.25) is 0 Å². The summed E-state index contributed by atoms with van der Waals surface area (Å²) in [5, 5.41) is 2.68. The molecule has 0 aromatic heterocycles. The van der Waals surface area contributed by atoms with Crippen molar-refractivity contribution in [3.05, 3.63) is 30.1 Å². The van der Waals surface area contributed by atoms with Gasteiger partial charge in [0.05, 0.1) is 18.1 Å². The number of piperazine rings is 1. The molecule has 9 heteroatoms. The molecule has 170 valence electrons. The molecule has 31 heavy (non-hydrogen) atoms. The Morgan fingerprint density at radius 2 is 1.71 bits per heavy atom. The zero-order valence-corrected chi connectivity index (χ0v) is 18.8. The average Bonchev–Trinajstić information content (AvgIpc) is 2.76. The van der Waals surface area contributed by atoms with Gasteiger partial charge < -0.3 is 15.1 Å². The van der Waals surface area contributed by atoms with E-state index in [1.165, 1.54) is 42.4 Å². The quantitative estimate of drug-likeness (QED) is 0.688. The monoisotopic (exact) mass is 450 g/mol. The number of rotatable bonds is 7. The maximum absolute atomic E-state index is 12.9. The lowest BCUT2D eigenvalue weighted by Crippen LogP contribution is -2.53. The molecule has 0 aliphatic carbocycles. The molecule has 0 spiro atoms. The van der Waals surface area contributed by atoms with Gasteiger partial charge in [-0.25, -0.2) is 4.39 Å². The number of likely N-dealkylation sites (tertiary alicyclic amines) is 1. The van der Waals surface area contributed by atoms with Gasteiger partial charge in [-0.05, 0) is 50.5 Å². The molecule has 1 atom stereocenters. The third kappa shape index (κ3) is 7.21. The Hall–Kier alpha value is -2.13. The van der Waals surface area contributed by atoms with Gasteiger partial charge in [-0.3, -0.25) is 19.3 Å². The largest absolute Gasteiger partial charge is 0.339 e. The molecule has 2 fully saturated rings. The maximum Gasteiger partial charge on any atom is 0.236 e. The van der Waals surface area contributed by atoms with Crippen LogP contribution in [-0.2, 0) is 14.4 Å². The first-order chi connectivity index (χ1) is 14.9. The van der Waals surface area contributed by atoms with Crippen LogP contribution >= 0.6 is 11.8 Å². The molecule has 0 radical (unpaired) electrons. The molecular weight excluding hydrogens is 419 g/mol. The lowest BCUT2D eigenvalue weighted by atomic mass is 10.0. The third-order valence-corrected chi connectivity index (χ3v) is 6.71. The lowest BCUT2D eigenvalue weighted by molar-refractivity contribution is -0.136. The first-order valence-electron chi connectivity index (χ1n) is 10.8. The number of carbonyl (C=O) groups excluding carboxylic acids is 3. The number of hydrogen-bond donors (Lipinski definition) is 1. The van der Waals surface area contributed by atoms with Crippen LogP contribution in [0, 0.1) is 5.82 Å². The number of benzene rings is 1. The second kappa shape index (κ2) is 11.5. The number of nitrogens with zero attached hydrogens (tertiary/aromatic N) is 3. The first-order valence-corrected chi connectivity index (χ1v) is 12.0. The molecule has 0 saturated carbocycles. The molecule has 2 heterocycles. The van der Waals surface area contributed by atoms with Crippen molar-refractivity contribution in [3.63, 3.8) is 0 Å². The van der Waals surface area contributed by atoms with Gasteiger partial charge >= 0.3 is 0 Å². The Bertz CT molecular complexity index is 769. The highest BCUT2D eigenvalue weighted by Crippen LogP contribution is 2.17. The van der Waals surface area contributed by atoms with E-state index in [2.05, 4.69) is 17.1 Å². The summed E-state index contributed by atoms with van der Waals surface area (Å²) in [6, 6.07) is 5.89. The van der Waals surface area contributed by atoms with Crippen molar-refractivity contribution < 1.29 is 18.8 Å². The van der Waals surface area contributed by atoms with E-state index in [0.717, 1.165) is 19.4 Å². The second-order valence-corrected chi connectivity index (χ2v) is 9.12. The zero-order chi connectivity index (χ0) is 22.2. The van der Waals surface area contributed by atoms with Crippen molar-refractivity contribution in [1.29, 1.82) is 0 Å². The number of hydrogen-bond acceptors (Lipinski definition) is 5. The van der Waals surface area contributed by atoms with E-state index < -0.39 is 0 Å². The molecule has 1 aromatic carbocycles. The molecule has 3 rings (SSSR count). The minimum atomic E-state index is -0.358. The third-order valence-electron chi connectivity index (χ3n) is 5.79. The van der Waals surface area contributed by atoms with E-state index in [-0.39, 0.29) is 35.0 Å². The summed E-state index contributed by atoms with van der Waals surface area (Å²) in [6.45, 7) is 5.97. The molecule has 1 N–H and O–H groups in total. The van der Waals surface area contributed by atoms with E-state index in [1.807, 2.05) is 4.90 Å². The number of thioether (sulfide) groups is 1. The Kier molecular flexibility index (Phi) is 8.71. The van der Waals surface area contributed by atoms with E-state index in [0.29, 0.717) is 44.5 Å². The lowest BCUT2D eigenvalue weighted by Gasteiger charge is -2.38. The van der Waals surface area contributed by atoms with Gasteiger partial charge in [-0.1, -0.05) is 0 Å². The number of amides is 3. The Morgan fingerprint density at radius 1 is 1.00 bits per heavy atom. The highest BCUT2D eigenvalue weighted by Gasteiger charge is 2.27. The maximum atomic E-state index is 12.9. The minimum absolute atomic E-state index is 0.00946. The fourth-order valence-electron chi connectivity index (χ4n) is 3.96. The summed E-state index contributed by atoms with van der Waals surface area (Å²) >= 11 is 1.26. The van der Waals surface area contributed by atoms with Crippen LogP contribution in [0.25, 0.3) is 0 Å². The summed E-state index contributed by atoms with van der Waals surface area (Å²) in [4.78, 5) is 42.9. The van der Waals surface area contributed by atoms with E-state index in [4.69, 9.17) is 0 Å². The van der Waals surface area contributed by atoms with Gasteiger partial charge in [-0.15, -0.1) is 11.8 Å². The smallest absolute Gasteiger partial charge is 0.236 e. The second-order valence-electron chi connectivity index (χ2n) is 8.14. The number of carbonyl (C=O) groups is 3. The zero-order valence-electron chi connectivity index (χ0n) is 18.0. The van der Waals surface area contributed by atoms with E-state index in [1.54, 1.807) is 4.90 Å². The van der Waals surface area contributed by atoms with Gasteiger partial charge in [-0.2, -0.15) is 0 Å². The van der Waals surface area contributed by atoms with Crippen LogP contribution < -0.4 is 5.32 Å². The number of piperidine rings is 1. The molecule has 2 aliphatic heterocycles. The van der Waals surface area contributed by atoms with Crippen molar-refractivity contribution >= 4 is 35.2 Å². The van der Waals surface area contributed by atoms with Crippen LogP contribution in [0.5, 0.6) is 0 Å². The van der Waals surface area contributed by atoms with Crippen molar-refractivity contribution in [2.75, 3.05) is 56.1 Å². The summed E-state index contributed by atoms with van der Waals surface area (Å²) < 4.78 is 12.9. The first kappa shape index (κ1) is 23.5. The molecule has 2 aliphatic rings. The van der Waals surface area contributed by atoms with Gasteiger partial charge in [0.1, 0.15) is 5.82 Å². The topological polar surface area (TPSA) is 73.0 Å². The van der Waals surface area contributed by atoms with Gasteiger partial charge in [0.2, 0.25) is 17.7 Å². The predicted octanol–water partition coefficient (Wildman–Crippen LogP) is 2.04. The highest BCUT2D eigenvalue weighted by atomic mass is 32.2. The molecular formula is C22H31FN4O3S. The predicted molar refractivity (Wildman–Crippen MR) is 120 cm³/mol. The van der Waals surface area contributed by atoms with Crippen LogP contribution in [0.4, 0.5) is 10.1 Å². The molecule has 1 unspecified atom stereocenters. The number of halogens is 1. The highest BCUT2D eigenvalue weighted by molar-refractivity contribution is 8.00. The Morgan fingerprint density at radius 3 is 2.39 bits per heavy atom. The Balaban J connectivity index is 1.32. The van der Waals surface area contributed by atoms with Crippen LogP contribution in [0.15, 0.2) is 24.3 Å². The van der Waals surface area contributed by atoms with E-state index >= 15 is 0 Å². The standard InChI is InChI=1S/C22H31FN4O3S/c1-17-4-2-3-9-27(17)21(29)14-25-10-12-26(13-11-25)22(30)16-31-15-20(28)24-19-7-5-18(23)6-8-19/h5-8,17H,2-4,9-16H2,1H3,(H,24,28). The average molecular weight is 451 g/mol. The summed E-state index contributed by atoms with van der Waals surface area (Å²) in [5.41, 5.74) is 0.531. The fourth-order valence-corrected chi connectivity index (χ4v) is 4.68. The van der Waals surface area contributed by atoms with Crippen LogP contribution in [0.1, 0.15) is 26.2 Å². The summed E-state index contributed by atoms with van der Waals surface area (Å²) in [7, 11) is 0. The van der Waals surface area contributed by atoms with Crippen molar-refractivity contribution in [2.45, 2.75) is 32.2 Å². The Labute approximate surface area is 187 Å². The molecule has 7 nitrogen and oxygen atoms in total. The van der Waals surface area contributed by atoms with Gasteiger partial charge in [0.25, 0.3) is 0 Å². The normalized spacial score (nSPS) is 19.9. The van der Waals surface area contributed by atoms with Crippen LogP contribution in [0.3, 0.4) is 0 Å². The van der Waals surface area contributed by atoms with E-state index in [9.17, 15) is 18.8 Å². The summed E-state index contributed by atoms with van der Waals surface area (Å²) in [6.07, 6.45) is 3.35. The fraction of sp³-hybridized carbons (Fsp3) is 0.591. The number of anilines is 1. The van der Waals surface area contributed by atoms with Gasteiger partial charge in [0.15, 0.2) is 0 Å². The van der Waals surface area contributed by atoms with Gasteiger partial charge in [0, 0.05) is 44.5 Å². The number of nitrogens with one attached hydrogen (secondary N) is 1. The van der Waals surface area contributed by atoms with Crippen molar-refractivity contribution in [3.8, 4) is 0 Å². The van der Waals surface area contributed by atoms with Crippen LogP contribution in [-0.4, -0.2) is 89.2 Å². The molecule has 0 bridgehead atoms. The molecule has 3 amide bonds. The minimum Gasteiger partial charge on any atom is -0.339 e. The SMILES string of the molecule is CC1CCCCN1C(=O)CN1CCN(C(=O)CSCC(=O)Nc2ccc(F)cc2)CC1.